The third-order valence-electron chi connectivity index (χ3n) is 3.04. The smallest absolute Gasteiger partial charge is 0.147 e. The minimum absolute atomic E-state index is 0.188. The van der Waals surface area contributed by atoms with Crippen molar-refractivity contribution in [1.82, 2.24) is 0 Å². The van der Waals surface area contributed by atoms with Crippen molar-refractivity contribution in [2.45, 2.75) is 6.54 Å². The molecule has 0 bridgehead atoms. The predicted octanol–water partition coefficient (Wildman–Crippen LogP) is 2.89. The fourth-order valence-corrected chi connectivity index (χ4v) is 1.95. The van der Waals surface area contributed by atoms with Crippen molar-refractivity contribution in [2.75, 3.05) is 11.9 Å². The first-order valence-electron chi connectivity index (χ1n) is 6.07. The van der Waals surface area contributed by atoms with Crippen LogP contribution in [-0.2, 0) is 6.54 Å². The number of nitrogen functional groups attached to an aromatic ring is 1. The van der Waals surface area contributed by atoms with Crippen LogP contribution in [0, 0.1) is 17.0 Å². The molecule has 0 heterocycles. The molecule has 0 atom stereocenters. The summed E-state index contributed by atoms with van der Waals surface area (Å²) in [6.45, 7) is 0.253. The molecule has 0 spiro atoms. The van der Waals surface area contributed by atoms with Crippen LogP contribution >= 0.6 is 0 Å². The van der Waals surface area contributed by atoms with Crippen LogP contribution in [0.1, 0.15) is 11.1 Å². The summed E-state index contributed by atoms with van der Waals surface area (Å²) in [7, 11) is 1.68. The van der Waals surface area contributed by atoms with Crippen LogP contribution in [0.3, 0.4) is 0 Å². The first-order chi connectivity index (χ1) is 9.49. The molecule has 0 saturated carbocycles. The van der Waals surface area contributed by atoms with Gasteiger partial charge in [-0.2, -0.15) is 0 Å². The molecular formula is C15H15F2N3. The number of benzene rings is 2. The van der Waals surface area contributed by atoms with Crippen LogP contribution in [0.15, 0.2) is 42.5 Å². The SMILES string of the molecule is CN(Cc1ccccc1F)c1ccc(C(=N)N)cc1F. The van der Waals surface area contributed by atoms with Crippen molar-refractivity contribution in [1.29, 1.82) is 5.41 Å². The zero-order chi connectivity index (χ0) is 14.7. The fraction of sp³-hybridized carbons (Fsp3) is 0.133. The van der Waals surface area contributed by atoms with Crippen molar-refractivity contribution in [3.63, 3.8) is 0 Å². The average molecular weight is 275 g/mol. The lowest BCUT2D eigenvalue weighted by Crippen LogP contribution is -2.19. The number of anilines is 1. The van der Waals surface area contributed by atoms with E-state index >= 15 is 0 Å². The molecule has 5 heteroatoms. The summed E-state index contributed by atoms with van der Waals surface area (Å²) in [6, 6.07) is 10.7. The largest absolute Gasteiger partial charge is 0.384 e. The number of halogens is 2. The molecule has 3 N–H and O–H groups in total. The highest BCUT2D eigenvalue weighted by Gasteiger charge is 2.11. The van der Waals surface area contributed by atoms with E-state index < -0.39 is 5.82 Å². The second-order valence-electron chi connectivity index (χ2n) is 4.53. The van der Waals surface area contributed by atoms with Gasteiger partial charge in [-0.05, 0) is 24.3 Å². The molecule has 0 fully saturated rings. The first kappa shape index (κ1) is 14.0. The highest BCUT2D eigenvalue weighted by molar-refractivity contribution is 5.95. The Balaban J connectivity index is 2.23. The standard InChI is InChI=1S/C15H15F2N3/c1-20(9-11-4-2-3-5-12(11)16)14-7-6-10(15(18)19)8-13(14)17/h2-8H,9H2,1H3,(H3,18,19). The van der Waals surface area contributed by atoms with E-state index in [4.69, 9.17) is 11.1 Å². The third-order valence-corrected chi connectivity index (χ3v) is 3.04. The lowest BCUT2D eigenvalue weighted by Gasteiger charge is -2.20. The molecule has 0 radical (unpaired) electrons. The molecule has 0 aliphatic rings. The highest BCUT2D eigenvalue weighted by atomic mass is 19.1. The Kier molecular flexibility index (Phi) is 3.98. The fourth-order valence-electron chi connectivity index (χ4n) is 1.95. The number of rotatable bonds is 4. The predicted molar refractivity (Wildman–Crippen MR) is 75.9 cm³/mol. The summed E-state index contributed by atoms with van der Waals surface area (Å²) >= 11 is 0. The van der Waals surface area contributed by atoms with E-state index in [9.17, 15) is 8.78 Å². The number of hydrogen-bond acceptors (Lipinski definition) is 2. The van der Waals surface area contributed by atoms with Crippen LogP contribution in [0.2, 0.25) is 0 Å². The third kappa shape index (κ3) is 2.93. The maximum absolute atomic E-state index is 14.0. The highest BCUT2D eigenvalue weighted by Crippen LogP contribution is 2.21. The maximum Gasteiger partial charge on any atom is 0.147 e. The van der Waals surface area contributed by atoms with Crippen molar-refractivity contribution in [3.05, 3.63) is 65.2 Å². The minimum atomic E-state index is -0.489. The summed E-state index contributed by atoms with van der Waals surface area (Å²) in [5, 5.41) is 7.27. The van der Waals surface area contributed by atoms with E-state index in [1.165, 1.54) is 18.2 Å². The van der Waals surface area contributed by atoms with Crippen LogP contribution < -0.4 is 10.6 Å². The minimum Gasteiger partial charge on any atom is -0.384 e. The molecule has 0 amide bonds. The van der Waals surface area contributed by atoms with Gasteiger partial charge in [0, 0.05) is 24.7 Å². The van der Waals surface area contributed by atoms with Gasteiger partial charge in [0.25, 0.3) is 0 Å². The number of amidine groups is 1. The zero-order valence-electron chi connectivity index (χ0n) is 11.0. The Morgan fingerprint density at radius 1 is 1.15 bits per heavy atom. The van der Waals surface area contributed by atoms with E-state index in [1.807, 2.05) is 0 Å². The Bertz CT molecular complexity index is 641. The Hall–Kier alpha value is -2.43. The molecule has 0 saturated heterocycles. The molecule has 0 aliphatic carbocycles. The molecular weight excluding hydrogens is 260 g/mol. The van der Waals surface area contributed by atoms with Crippen molar-refractivity contribution in [2.24, 2.45) is 5.73 Å². The number of hydrogen-bond donors (Lipinski definition) is 2. The zero-order valence-corrected chi connectivity index (χ0v) is 11.0. The monoisotopic (exact) mass is 275 g/mol. The molecule has 20 heavy (non-hydrogen) atoms. The van der Waals surface area contributed by atoms with Gasteiger partial charge in [-0.25, -0.2) is 8.78 Å². The molecule has 0 aromatic heterocycles. The average Bonchev–Trinajstić information content (AvgIpc) is 2.41. The van der Waals surface area contributed by atoms with E-state index in [-0.39, 0.29) is 18.2 Å². The van der Waals surface area contributed by atoms with Gasteiger partial charge in [0.2, 0.25) is 0 Å². The lowest BCUT2D eigenvalue weighted by molar-refractivity contribution is 0.601. The van der Waals surface area contributed by atoms with Gasteiger partial charge in [0.1, 0.15) is 17.5 Å². The van der Waals surface area contributed by atoms with Gasteiger partial charge in [-0.15, -0.1) is 0 Å². The molecule has 2 rings (SSSR count). The molecule has 0 aliphatic heterocycles. The lowest BCUT2D eigenvalue weighted by atomic mass is 10.1. The molecule has 0 unspecified atom stereocenters. The van der Waals surface area contributed by atoms with Gasteiger partial charge in [0.15, 0.2) is 0 Å². The summed E-state index contributed by atoms with van der Waals surface area (Å²) in [4.78, 5) is 1.61. The summed E-state index contributed by atoms with van der Waals surface area (Å²) in [5.74, 6) is -0.996. The van der Waals surface area contributed by atoms with Crippen LogP contribution in [-0.4, -0.2) is 12.9 Å². The summed E-state index contributed by atoms with van der Waals surface area (Å²) in [6.07, 6.45) is 0. The Morgan fingerprint density at radius 3 is 2.45 bits per heavy atom. The maximum atomic E-state index is 14.0. The van der Waals surface area contributed by atoms with Crippen LogP contribution in [0.5, 0.6) is 0 Å². The Labute approximate surface area is 116 Å². The second-order valence-corrected chi connectivity index (χ2v) is 4.53. The topological polar surface area (TPSA) is 53.1 Å². The second kappa shape index (κ2) is 5.69. The van der Waals surface area contributed by atoms with Crippen LogP contribution in [0.4, 0.5) is 14.5 Å². The first-order valence-corrected chi connectivity index (χ1v) is 6.07. The quantitative estimate of drug-likeness (QED) is 0.666. The van der Waals surface area contributed by atoms with E-state index in [0.717, 1.165) is 0 Å². The number of nitrogens with two attached hydrogens (primary N) is 1. The molecule has 2 aromatic rings. The molecule has 3 nitrogen and oxygen atoms in total. The van der Waals surface area contributed by atoms with E-state index in [1.54, 1.807) is 36.2 Å². The van der Waals surface area contributed by atoms with Gasteiger partial charge >= 0.3 is 0 Å². The number of nitrogens with one attached hydrogen (secondary N) is 1. The Morgan fingerprint density at radius 2 is 1.85 bits per heavy atom. The van der Waals surface area contributed by atoms with Gasteiger partial charge in [0.05, 0.1) is 5.69 Å². The van der Waals surface area contributed by atoms with Gasteiger partial charge < -0.3 is 10.6 Å². The van der Waals surface area contributed by atoms with Crippen molar-refractivity contribution >= 4 is 11.5 Å². The summed E-state index contributed by atoms with van der Waals surface area (Å²) in [5.41, 5.74) is 6.45. The van der Waals surface area contributed by atoms with E-state index in [2.05, 4.69) is 0 Å². The molecule has 2 aromatic carbocycles. The van der Waals surface area contributed by atoms with E-state index in [0.29, 0.717) is 16.8 Å². The summed E-state index contributed by atoms with van der Waals surface area (Å²) < 4.78 is 27.5. The van der Waals surface area contributed by atoms with Gasteiger partial charge in [-0.1, -0.05) is 18.2 Å². The molecule has 104 valence electrons. The van der Waals surface area contributed by atoms with Crippen LogP contribution in [0.25, 0.3) is 0 Å². The van der Waals surface area contributed by atoms with Crippen molar-refractivity contribution in [3.8, 4) is 0 Å². The van der Waals surface area contributed by atoms with Crippen molar-refractivity contribution < 1.29 is 8.78 Å². The normalized spacial score (nSPS) is 10.3. The van der Waals surface area contributed by atoms with Gasteiger partial charge in [-0.3, -0.25) is 5.41 Å². The number of nitrogens with zero attached hydrogens (tertiary/aromatic N) is 1.